The van der Waals surface area contributed by atoms with Crippen LogP contribution >= 0.6 is 0 Å². The summed E-state index contributed by atoms with van der Waals surface area (Å²) in [6, 6.07) is 14.8. The Labute approximate surface area is 127 Å². The fourth-order valence-corrected chi connectivity index (χ4v) is 3.05. The highest BCUT2D eigenvalue weighted by molar-refractivity contribution is 6.38. The van der Waals surface area contributed by atoms with E-state index in [1.807, 2.05) is 31.2 Å². The highest BCUT2D eigenvalue weighted by Gasteiger charge is 2.28. The van der Waals surface area contributed by atoms with Crippen LogP contribution in [-0.4, -0.2) is 16.6 Å². The quantitative estimate of drug-likeness (QED) is 0.737. The monoisotopic (exact) mass is 287 g/mol. The van der Waals surface area contributed by atoms with Crippen LogP contribution in [0.5, 0.6) is 0 Å². The van der Waals surface area contributed by atoms with Gasteiger partial charge in [0.2, 0.25) is 0 Å². The normalized spacial score (nSPS) is 14.1. The molecule has 1 N–H and O–H groups in total. The molecule has 1 aliphatic rings. The molecule has 0 bridgehead atoms. The van der Waals surface area contributed by atoms with Crippen molar-refractivity contribution in [1.82, 2.24) is 4.98 Å². The van der Waals surface area contributed by atoms with Gasteiger partial charge in [0.15, 0.2) is 11.6 Å². The van der Waals surface area contributed by atoms with Crippen molar-refractivity contribution in [1.29, 1.82) is 0 Å². The van der Waals surface area contributed by atoms with E-state index in [-0.39, 0.29) is 11.6 Å². The number of carbonyl (C=O) groups excluding carboxylic acids is 2. The van der Waals surface area contributed by atoms with Crippen molar-refractivity contribution in [3.63, 3.8) is 0 Å². The molecule has 0 aliphatic heterocycles. The molecule has 0 unspecified atom stereocenters. The smallest absolute Gasteiger partial charge is 0.196 e. The van der Waals surface area contributed by atoms with Crippen molar-refractivity contribution >= 4 is 28.0 Å². The summed E-state index contributed by atoms with van der Waals surface area (Å²) >= 11 is 0. The number of nitrogens with one attached hydrogen (secondary N) is 1. The highest BCUT2D eigenvalue weighted by Crippen LogP contribution is 2.32. The van der Waals surface area contributed by atoms with Gasteiger partial charge in [0.25, 0.3) is 0 Å². The first-order valence-corrected chi connectivity index (χ1v) is 7.14. The number of fused-ring (bicyclic) bond motifs is 2. The summed E-state index contributed by atoms with van der Waals surface area (Å²) in [7, 11) is 0. The van der Waals surface area contributed by atoms with Gasteiger partial charge in [0.05, 0.1) is 11.3 Å². The Kier molecular flexibility index (Phi) is 2.63. The van der Waals surface area contributed by atoms with Crippen LogP contribution in [0.3, 0.4) is 0 Å². The Morgan fingerprint density at radius 3 is 2.32 bits per heavy atom. The van der Waals surface area contributed by atoms with E-state index in [9.17, 15) is 9.59 Å². The first-order valence-electron chi connectivity index (χ1n) is 7.14. The molecule has 0 fully saturated rings. The van der Waals surface area contributed by atoms with E-state index in [1.165, 1.54) is 6.08 Å². The van der Waals surface area contributed by atoms with Crippen molar-refractivity contribution in [3.8, 4) is 0 Å². The number of Topliss-reactive ketones (excluding diaryl/α,β-unsaturated/α-hetero) is 1. The topological polar surface area (TPSA) is 49.9 Å². The average molecular weight is 287 g/mol. The third kappa shape index (κ3) is 1.69. The van der Waals surface area contributed by atoms with Crippen LogP contribution in [0.15, 0.2) is 54.6 Å². The van der Waals surface area contributed by atoms with E-state index in [2.05, 4.69) is 4.98 Å². The summed E-state index contributed by atoms with van der Waals surface area (Å²) in [6.07, 6.45) is 1.45. The van der Waals surface area contributed by atoms with Gasteiger partial charge in [0, 0.05) is 22.0 Å². The number of carbonyl (C=O) groups is 2. The van der Waals surface area contributed by atoms with Crippen molar-refractivity contribution < 1.29 is 9.59 Å². The van der Waals surface area contributed by atoms with E-state index in [0.717, 1.165) is 22.2 Å². The molecule has 3 heteroatoms. The highest BCUT2D eigenvalue weighted by atomic mass is 16.1. The molecule has 0 saturated heterocycles. The van der Waals surface area contributed by atoms with Crippen molar-refractivity contribution in [2.24, 2.45) is 0 Å². The summed E-state index contributed by atoms with van der Waals surface area (Å²) in [4.78, 5) is 28.3. The molecule has 1 heterocycles. The molecule has 22 heavy (non-hydrogen) atoms. The van der Waals surface area contributed by atoms with Gasteiger partial charge in [0.1, 0.15) is 0 Å². The molecule has 3 nitrogen and oxygen atoms in total. The SMILES string of the molecule is Cc1c(C2=CC(=O)c3ccccc3C2=O)[nH]c2ccccc12. The predicted octanol–water partition coefficient (Wildman–Crippen LogP) is 3.94. The van der Waals surface area contributed by atoms with Gasteiger partial charge in [-0.3, -0.25) is 9.59 Å². The molecule has 106 valence electrons. The molecule has 0 spiro atoms. The van der Waals surface area contributed by atoms with E-state index in [1.54, 1.807) is 24.3 Å². The minimum atomic E-state index is -0.122. The third-order valence-electron chi connectivity index (χ3n) is 4.19. The standard InChI is InChI=1S/C19H13NO2/c1-11-12-6-4-5-9-16(12)20-18(11)15-10-17(21)13-7-2-3-8-14(13)19(15)22/h2-10,20H,1H3. The number of aromatic nitrogens is 1. The molecule has 0 saturated carbocycles. The molecule has 1 aromatic heterocycles. The number of aromatic amines is 1. The molecule has 0 atom stereocenters. The van der Waals surface area contributed by atoms with E-state index >= 15 is 0 Å². The molecule has 1 aliphatic carbocycles. The van der Waals surface area contributed by atoms with Crippen LogP contribution in [0.1, 0.15) is 32.0 Å². The second-order valence-electron chi connectivity index (χ2n) is 5.47. The minimum absolute atomic E-state index is 0.107. The van der Waals surface area contributed by atoms with Gasteiger partial charge in [-0.05, 0) is 24.6 Å². The summed E-state index contributed by atoms with van der Waals surface area (Å²) in [5.41, 5.74) is 4.08. The largest absolute Gasteiger partial charge is 0.354 e. The van der Waals surface area contributed by atoms with Crippen LogP contribution in [0.4, 0.5) is 0 Å². The average Bonchev–Trinajstić information content (AvgIpc) is 2.88. The van der Waals surface area contributed by atoms with Gasteiger partial charge >= 0.3 is 0 Å². The molecular formula is C19H13NO2. The van der Waals surface area contributed by atoms with E-state index in [4.69, 9.17) is 0 Å². The maximum atomic E-state index is 12.8. The lowest BCUT2D eigenvalue weighted by Gasteiger charge is -2.14. The van der Waals surface area contributed by atoms with Crippen LogP contribution in [0.25, 0.3) is 16.5 Å². The zero-order chi connectivity index (χ0) is 15.3. The van der Waals surface area contributed by atoms with Crippen LogP contribution in [-0.2, 0) is 0 Å². The predicted molar refractivity (Wildman–Crippen MR) is 86.1 cm³/mol. The summed E-state index contributed by atoms with van der Waals surface area (Å²) < 4.78 is 0. The lowest BCUT2D eigenvalue weighted by atomic mass is 9.87. The maximum Gasteiger partial charge on any atom is 0.196 e. The zero-order valence-corrected chi connectivity index (χ0v) is 12.0. The van der Waals surface area contributed by atoms with Gasteiger partial charge in [-0.25, -0.2) is 0 Å². The first kappa shape index (κ1) is 12.8. The molecular weight excluding hydrogens is 274 g/mol. The third-order valence-corrected chi connectivity index (χ3v) is 4.19. The van der Waals surface area contributed by atoms with Crippen LogP contribution < -0.4 is 0 Å². The molecule has 0 amide bonds. The van der Waals surface area contributed by atoms with Crippen LogP contribution in [0.2, 0.25) is 0 Å². The zero-order valence-electron chi connectivity index (χ0n) is 12.0. The van der Waals surface area contributed by atoms with Gasteiger partial charge in [-0.1, -0.05) is 42.5 Å². The summed E-state index contributed by atoms with van der Waals surface area (Å²) in [5, 5.41) is 1.07. The first-order chi connectivity index (χ1) is 10.7. The second-order valence-corrected chi connectivity index (χ2v) is 5.47. The number of hydrogen-bond acceptors (Lipinski definition) is 2. The number of benzene rings is 2. The van der Waals surface area contributed by atoms with Crippen molar-refractivity contribution in [2.45, 2.75) is 6.92 Å². The Hall–Kier alpha value is -2.94. The number of ketones is 2. The van der Waals surface area contributed by atoms with Crippen LogP contribution in [0, 0.1) is 6.92 Å². The number of para-hydroxylation sites is 1. The fraction of sp³-hybridized carbons (Fsp3) is 0.0526. The number of rotatable bonds is 1. The number of allylic oxidation sites excluding steroid dienone is 2. The number of hydrogen-bond donors (Lipinski definition) is 1. The number of H-pyrrole nitrogens is 1. The fourth-order valence-electron chi connectivity index (χ4n) is 3.05. The Balaban J connectivity index is 1.95. The Bertz CT molecular complexity index is 976. The lowest BCUT2D eigenvalue weighted by molar-refractivity contribution is 0.100. The molecule has 4 rings (SSSR count). The van der Waals surface area contributed by atoms with Crippen molar-refractivity contribution in [2.75, 3.05) is 0 Å². The lowest BCUT2D eigenvalue weighted by Crippen LogP contribution is -2.16. The summed E-state index contributed by atoms with van der Waals surface area (Å²) in [5.74, 6) is -0.229. The Morgan fingerprint density at radius 2 is 1.55 bits per heavy atom. The van der Waals surface area contributed by atoms with Gasteiger partial charge < -0.3 is 4.98 Å². The molecule has 3 aromatic rings. The van der Waals surface area contributed by atoms with Crippen molar-refractivity contribution in [3.05, 3.63) is 77.0 Å². The van der Waals surface area contributed by atoms with Gasteiger partial charge in [-0.15, -0.1) is 0 Å². The maximum absolute atomic E-state index is 12.8. The minimum Gasteiger partial charge on any atom is -0.354 e. The molecule has 2 aromatic carbocycles. The summed E-state index contributed by atoms with van der Waals surface area (Å²) in [6.45, 7) is 1.97. The molecule has 0 radical (unpaired) electrons. The Morgan fingerprint density at radius 1 is 0.864 bits per heavy atom. The van der Waals surface area contributed by atoms with E-state index < -0.39 is 0 Å². The van der Waals surface area contributed by atoms with Gasteiger partial charge in [-0.2, -0.15) is 0 Å². The second kappa shape index (κ2) is 4.53. The number of aryl methyl sites for hydroxylation is 1. The van der Waals surface area contributed by atoms with E-state index in [0.29, 0.717) is 16.7 Å².